The fourth-order valence-electron chi connectivity index (χ4n) is 2.06. The molecule has 5 heteroatoms. The number of aliphatic hydroxyl groups is 1. The molecule has 0 spiro atoms. The summed E-state index contributed by atoms with van der Waals surface area (Å²) in [5, 5.41) is 13.1. The standard InChI is InChI=1S/C17H19BrN2O2/c1-17(22,8-7-13-5-3-2-4-6-13)12-20-16(21)14-9-15(18)11-19-10-14/h2-6,9-11,22H,7-8,12H2,1H3,(H,20,21)/t17-/m1/s1. The van der Waals surface area contributed by atoms with E-state index in [1.54, 1.807) is 19.2 Å². The van der Waals surface area contributed by atoms with Gasteiger partial charge in [-0.05, 0) is 47.3 Å². The molecule has 2 rings (SSSR count). The quantitative estimate of drug-likeness (QED) is 0.830. The molecule has 1 atom stereocenters. The van der Waals surface area contributed by atoms with Crippen molar-refractivity contribution in [1.82, 2.24) is 10.3 Å². The maximum Gasteiger partial charge on any atom is 0.252 e. The van der Waals surface area contributed by atoms with Gasteiger partial charge in [-0.15, -0.1) is 0 Å². The number of amides is 1. The molecule has 0 aliphatic rings. The van der Waals surface area contributed by atoms with Gasteiger partial charge in [0, 0.05) is 23.4 Å². The highest BCUT2D eigenvalue weighted by molar-refractivity contribution is 9.10. The van der Waals surface area contributed by atoms with Gasteiger partial charge in [-0.2, -0.15) is 0 Å². The Kier molecular flexibility index (Phi) is 5.69. The number of rotatable bonds is 6. The minimum atomic E-state index is -0.953. The van der Waals surface area contributed by atoms with E-state index in [1.807, 2.05) is 30.3 Å². The third-order valence-electron chi connectivity index (χ3n) is 3.39. The smallest absolute Gasteiger partial charge is 0.252 e. The van der Waals surface area contributed by atoms with Gasteiger partial charge in [0.1, 0.15) is 0 Å². The van der Waals surface area contributed by atoms with Crippen molar-refractivity contribution in [3.63, 3.8) is 0 Å². The number of halogens is 1. The minimum absolute atomic E-state index is 0.200. The second-order valence-corrected chi connectivity index (χ2v) is 6.47. The van der Waals surface area contributed by atoms with Crippen molar-refractivity contribution in [3.8, 4) is 0 Å². The van der Waals surface area contributed by atoms with Crippen LogP contribution in [0.3, 0.4) is 0 Å². The molecule has 0 aliphatic heterocycles. The van der Waals surface area contributed by atoms with Crippen LogP contribution in [-0.2, 0) is 6.42 Å². The fraction of sp³-hybridized carbons (Fsp3) is 0.294. The van der Waals surface area contributed by atoms with Crippen LogP contribution < -0.4 is 5.32 Å². The molecule has 2 N–H and O–H groups in total. The van der Waals surface area contributed by atoms with E-state index in [1.165, 1.54) is 11.8 Å². The van der Waals surface area contributed by atoms with Crippen molar-refractivity contribution in [1.29, 1.82) is 0 Å². The molecule has 4 nitrogen and oxygen atoms in total. The molecule has 116 valence electrons. The lowest BCUT2D eigenvalue weighted by molar-refractivity contribution is 0.0478. The SMILES string of the molecule is C[C@@](O)(CCc1ccccc1)CNC(=O)c1cncc(Br)c1. The molecule has 22 heavy (non-hydrogen) atoms. The summed E-state index contributed by atoms with van der Waals surface area (Å²) in [5.74, 6) is -0.242. The van der Waals surface area contributed by atoms with Crippen LogP contribution in [0.25, 0.3) is 0 Å². The first-order valence-corrected chi connectivity index (χ1v) is 7.91. The van der Waals surface area contributed by atoms with E-state index in [0.29, 0.717) is 12.0 Å². The fourth-order valence-corrected chi connectivity index (χ4v) is 2.42. The van der Waals surface area contributed by atoms with E-state index in [0.717, 1.165) is 10.9 Å². The Hall–Kier alpha value is -1.72. The van der Waals surface area contributed by atoms with Crippen LogP contribution in [0, 0.1) is 0 Å². The second kappa shape index (κ2) is 7.51. The average Bonchev–Trinajstić information content (AvgIpc) is 2.52. The first kappa shape index (κ1) is 16.6. The summed E-state index contributed by atoms with van der Waals surface area (Å²) in [6.45, 7) is 1.93. The highest BCUT2D eigenvalue weighted by Crippen LogP contribution is 2.14. The van der Waals surface area contributed by atoms with Crippen molar-refractivity contribution in [3.05, 3.63) is 64.4 Å². The Morgan fingerprint density at radius 3 is 2.73 bits per heavy atom. The van der Waals surface area contributed by atoms with E-state index in [4.69, 9.17) is 0 Å². The van der Waals surface area contributed by atoms with Gasteiger partial charge < -0.3 is 10.4 Å². The maximum absolute atomic E-state index is 12.0. The number of aromatic nitrogens is 1. The summed E-state index contributed by atoms with van der Waals surface area (Å²) in [6.07, 6.45) is 4.46. The lowest BCUT2D eigenvalue weighted by atomic mass is 9.96. The zero-order valence-electron chi connectivity index (χ0n) is 12.4. The lowest BCUT2D eigenvalue weighted by Crippen LogP contribution is -2.41. The minimum Gasteiger partial charge on any atom is -0.388 e. The number of nitrogens with zero attached hydrogens (tertiary/aromatic N) is 1. The molecule has 1 aromatic carbocycles. The maximum atomic E-state index is 12.0. The van der Waals surface area contributed by atoms with Crippen LogP contribution >= 0.6 is 15.9 Å². The molecular weight excluding hydrogens is 344 g/mol. The molecule has 0 radical (unpaired) electrons. The van der Waals surface area contributed by atoms with E-state index in [9.17, 15) is 9.90 Å². The van der Waals surface area contributed by atoms with E-state index >= 15 is 0 Å². The third-order valence-corrected chi connectivity index (χ3v) is 3.83. The van der Waals surface area contributed by atoms with E-state index in [2.05, 4.69) is 26.2 Å². The predicted molar refractivity (Wildman–Crippen MR) is 89.7 cm³/mol. The van der Waals surface area contributed by atoms with Crippen LogP contribution in [0.15, 0.2) is 53.3 Å². The molecule has 0 aliphatic carbocycles. The van der Waals surface area contributed by atoms with Crippen molar-refractivity contribution in [2.45, 2.75) is 25.4 Å². The molecule has 1 heterocycles. The summed E-state index contributed by atoms with van der Waals surface area (Å²) in [4.78, 5) is 16.0. The summed E-state index contributed by atoms with van der Waals surface area (Å²) in [6, 6.07) is 11.7. The number of benzene rings is 1. The first-order valence-electron chi connectivity index (χ1n) is 7.11. The summed E-state index contributed by atoms with van der Waals surface area (Å²) in [7, 11) is 0. The summed E-state index contributed by atoms with van der Waals surface area (Å²) >= 11 is 3.28. The van der Waals surface area contributed by atoms with Gasteiger partial charge in [0.05, 0.1) is 11.2 Å². The summed E-state index contributed by atoms with van der Waals surface area (Å²) < 4.78 is 0.746. The van der Waals surface area contributed by atoms with Crippen molar-refractivity contribution in [2.24, 2.45) is 0 Å². The molecule has 0 saturated carbocycles. The molecule has 0 saturated heterocycles. The predicted octanol–water partition coefficient (Wildman–Crippen LogP) is 2.96. The van der Waals surface area contributed by atoms with Gasteiger partial charge in [-0.3, -0.25) is 9.78 Å². The van der Waals surface area contributed by atoms with Crippen LogP contribution in [0.2, 0.25) is 0 Å². The number of nitrogens with one attached hydrogen (secondary N) is 1. The number of aryl methyl sites for hydroxylation is 1. The van der Waals surface area contributed by atoms with Gasteiger partial charge in [-0.1, -0.05) is 30.3 Å². The Morgan fingerprint density at radius 2 is 2.05 bits per heavy atom. The third kappa shape index (κ3) is 5.24. The van der Waals surface area contributed by atoms with E-state index < -0.39 is 5.60 Å². The number of carbonyl (C=O) groups excluding carboxylic acids is 1. The van der Waals surface area contributed by atoms with Crippen LogP contribution in [0.4, 0.5) is 0 Å². The van der Waals surface area contributed by atoms with Crippen LogP contribution in [0.5, 0.6) is 0 Å². The Labute approximate surface area is 138 Å². The van der Waals surface area contributed by atoms with Gasteiger partial charge in [0.2, 0.25) is 0 Å². The lowest BCUT2D eigenvalue weighted by Gasteiger charge is -2.23. The van der Waals surface area contributed by atoms with Gasteiger partial charge in [0.15, 0.2) is 0 Å². The number of pyridine rings is 1. The highest BCUT2D eigenvalue weighted by Gasteiger charge is 2.21. The van der Waals surface area contributed by atoms with Gasteiger partial charge in [0.25, 0.3) is 5.91 Å². The monoisotopic (exact) mass is 362 g/mol. The highest BCUT2D eigenvalue weighted by atomic mass is 79.9. The Bertz CT molecular complexity index is 630. The zero-order valence-corrected chi connectivity index (χ0v) is 14.0. The number of carbonyl (C=O) groups is 1. The second-order valence-electron chi connectivity index (χ2n) is 5.56. The molecule has 1 aromatic heterocycles. The van der Waals surface area contributed by atoms with Gasteiger partial charge in [-0.25, -0.2) is 0 Å². The van der Waals surface area contributed by atoms with Crippen LogP contribution in [-0.4, -0.2) is 28.1 Å². The first-order chi connectivity index (χ1) is 10.5. The molecular formula is C17H19BrN2O2. The zero-order chi connectivity index (χ0) is 16.0. The molecule has 0 fully saturated rings. The number of hydrogen-bond acceptors (Lipinski definition) is 3. The van der Waals surface area contributed by atoms with Crippen molar-refractivity contribution < 1.29 is 9.90 Å². The molecule has 1 amide bonds. The average molecular weight is 363 g/mol. The topological polar surface area (TPSA) is 62.2 Å². The largest absolute Gasteiger partial charge is 0.388 e. The Balaban J connectivity index is 1.85. The van der Waals surface area contributed by atoms with Gasteiger partial charge >= 0.3 is 0 Å². The Morgan fingerprint density at radius 1 is 1.32 bits per heavy atom. The summed E-state index contributed by atoms with van der Waals surface area (Å²) in [5.41, 5.74) is 0.684. The molecule has 0 unspecified atom stereocenters. The normalized spacial score (nSPS) is 13.4. The molecule has 0 bridgehead atoms. The van der Waals surface area contributed by atoms with E-state index in [-0.39, 0.29) is 12.5 Å². The molecule has 2 aromatic rings. The number of hydrogen-bond donors (Lipinski definition) is 2. The van der Waals surface area contributed by atoms with Crippen LogP contribution in [0.1, 0.15) is 29.3 Å². The van der Waals surface area contributed by atoms with Crippen molar-refractivity contribution in [2.75, 3.05) is 6.54 Å². The van der Waals surface area contributed by atoms with Crippen molar-refractivity contribution >= 4 is 21.8 Å².